The molecular formula is C30H25OP. The first-order valence-corrected chi connectivity index (χ1v) is 12.2. The fourth-order valence-electron chi connectivity index (χ4n) is 4.43. The van der Waals surface area contributed by atoms with Crippen molar-refractivity contribution >= 4 is 34.6 Å². The highest BCUT2D eigenvalue weighted by Gasteiger charge is 2.25. The largest absolute Gasteiger partial charge is 0.507 e. The topological polar surface area (TPSA) is 20.2 Å². The summed E-state index contributed by atoms with van der Waals surface area (Å²) in [5.41, 5.74) is 4.59. The second-order valence-electron chi connectivity index (χ2n) is 8.11. The molecule has 5 rings (SSSR count). The lowest BCUT2D eigenvalue weighted by Crippen LogP contribution is -2.25. The zero-order valence-electron chi connectivity index (χ0n) is 18.3. The first kappa shape index (κ1) is 20.5. The Balaban J connectivity index is 1.91. The van der Waals surface area contributed by atoms with Crippen LogP contribution < -0.4 is 15.9 Å². The first-order chi connectivity index (χ1) is 15.6. The summed E-state index contributed by atoms with van der Waals surface area (Å²) in [5, 5.41) is 17.2. The van der Waals surface area contributed by atoms with Crippen molar-refractivity contribution in [1.82, 2.24) is 0 Å². The summed E-state index contributed by atoms with van der Waals surface area (Å²) in [6.45, 7) is 4.40. The third-order valence-electron chi connectivity index (χ3n) is 6.03. The summed E-state index contributed by atoms with van der Waals surface area (Å²) in [6.07, 6.45) is 0. The quantitative estimate of drug-likeness (QED) is 0.318. The maximum absolute atomic E-state index is 10.9. The third-order valence-corrected chi connectivity index (χ3v) is 8.86. The Morgan fingerprint density at radius 2 is 1.09 bits per heavy atom. The molecule has 1 N–H and O–H groups in total. The SMILES string of the molecule is Cc1ccccc1P(c1ccccc1C)c1ccc2ccccc2c1-c1ccccc1O. The van der Waals surface area contributed by atoms with Gasteiger partial charge < -0.3 is 5.11 Å². The molecule has 0 radical (unpaired) electrons. The number of benzene rings is 5. The van der Waals surface area contributed by atoms with Gasteiger partial charge in [0.1, 0.15) is 5.75 Å². The molecule has 0 bridgehead atoms. The van der Waals surface area contributed by atoms with Crippen molar-refractivity contribution < 1.29 is 5.11 Å². The molecule has 0 amide bonds. The van der Waals surface area contributed by atoms with Crippen molar-refractivity contribution in [2.75, 3.05) is 0 Å². The van der Waals surface area contributed by atoms with Crippen LogP contribution in [0, 0.1) is 13.8 Å². The predicted molar refractivity (Wildman–Crippen MR) is 139 cm³/mol. The number of para-hydroxylation sites is 1. The van der Waals surface area contributed by atoms with Gasteiger partial charge in [0.2, 0.25) is 0 Å². The summed E-state index contributed by atoms with van der Waals surface area (Å²) < 4.78 is 0. The van der Waals surface area contributed by atoms with Gasteiger partial charge in [0.15, 0.2) is 0 Å². The van der Waals surface area contributed by atoms with Crippen LogP contribution in [0.25, 0.3) is 21.9 Å². The number of aryl methyl sites for hydroxylation is 2. The zero-order chi connectivity index (χ0) is 22.1. The molecule has 0 saturated heterocycles. The molecular weight excluding hydrogens is 407 g/mol. The minimum absolute atomic E-state index is 0.314. The molecule has 2 heteroatoms. The molecule has 0 aromatic heterocycles. The number of hydrogen-bond donors (Lipinski definition) is 1. The number of phenolic OH excluding ortho intramolecular Hbond substituents is 1. The third kappa shape index (κ3) is 3.60. The molecule has 0 fully saturated rings. The average molecular weight is 433 g/mol. The van der Waals surface area contributed by atoms with Gasteiger partial charge in [0.25, 0.3) is 0 Å². The summed E-state index contributed by atoms with van der Waals surface area (Å²) in [4.78, 5) is 0. The average Bonchev–Trinajstić information content (AvgIpc) is 2.82. The lowest BCUT2D eigenvalue weighted by Gasteiger charge is -2.26. The molecule has 0 saturated carbocycles. The van der Waals surface area contributed by atoms with Crippen LogP contribution in [0.4, 0.5) is 0 Å². The number of phenols is 1. The van der Waals surface area contributed by atoms with Crippen molar-refractivity contribution in [2.24, 2.45) is 0 Å². The Hall–Kier alpha value is -3.41. The summed E-state index contributed by atoms with van der Waals surface area (Å²) in [5.74, 6) is 0.314. The Labute approximate surface area is 190 Å². The number of hydrogen-bond acceptors (Lipinski definition) is 1. The van der Waals surface area contributed by atoms with E-state index in [0.29, 0.717) is 5.75 Å². The lowest BCUT2D eigenvalue weighted by atomic mass is 9.97. The Bertz CT molecular complexity index is 1370. The van der Waals surface area contributed by atoms with Crippen LogP contribution in [0.3, 0.4) is 0 Å². The van der Waals surface area contributed by atoms with E-state index in [-0.39, 0.29) is 0 Å². The fraction of sp³-hybridized carbons (Fsp3) is 0.0667. The van der Waals surface area contributed by atoms with Crippen LogP contribution in [-0.4, -0.2) is 5.11 Å². The van der Waals surface area contributed by atoms with Gasteiger partial charge in [-0.05, 0) is 65.6 Å². The van der Waals surface area contributed by atoms with Gasteiger partial charge in [-0.1, -0.05) is 103 Å². The molecule has 32 heavy (non-hydrogen) atoms. The smallest absolute Gasteiger partial charge is 0.123 e. The van der Waals surface area contributed by atoms with Crippen LogP contribution in [0.1, 0.15) is 11.1 Å². The van der Waals surface area contributed by atoms with Gasteiger partial charge in [-0.3, -0.25) is 0 Å². The monoisotopic (exact) mass is 432 g/mol. The number of rotatable bonds is 4. The van der Waals surface area contributed by atoms with E-state index in [4.69, 9.17) is 0 Å². The summed E-state index contributed by atoms with van der Waals surface area (Å²) in [6, 6.07) is 38.1. The van der Waals surface area contributed by atoms with Crippen molar-refractivity contribution in [2.45, 2.75) is 13.8 Å². The Kier molecular flexibility index (Phi) is 5.52. The van der Waals surface area contributed by atoms with Gasteiger partial charge in [-0.25, -0.2) is 0 Å². The van der Waals surface area contributed by atoms with Crippen LogP contribution >= 0.6 is 7.92 Å². The second kappa shape index (κ2) is 8.61. The van der Waals surface area contributed by atoms with Crippen LogP contribution in [0.15, 0.2) is 109 Å². The highest BCUT2D eigenvalue weighted by Crippen LogP contribution is 2.43. The van der Waals surface area contributed by atoms with Gasteiger partial charge in [0.05, 0.1) is 0 Å². The van der Waals surface area contributed by atoms with Gasteiger partial charge >= 0.3 is 0 Å². The Morgan fingerprint density at radius 1 is 0.531 bits per heavy atom. The highest BCUT2D eigenvalue weighted by atomic mass is 31.1. The van der Waals surface area contributed by atoms with Crippen LogP contribution in [-0.2, 0) is 0 Å². The maximum atomic E-state index is 10.9. The predicted octanol–water partition coefficient (Wildman–Crippen LogP) is 6.59. The lowest BCUT2D eigenvalue weighted by molar-refractivity contribution is 0.477. The maximum Gasteiger partial charge on any atom is 0.123 e. The molecule has 1 nitrogen and oxygen atoms in total. The van der Waals surface area contributed by atoms with Gasteiger partial charge in [-0.2, -0.15) is 0 Å². The van der Waals surface area contributed by atoms with Crippen LogP contribution in [0.5, 0.6) is 5.75 Å². The van der Waals surface area contributed by atoms with E-state index in [2.05, 4.69) is 98.8 Å². The molecule has 0 aliphatic rings. The number of aromatic hydroxyl groups is 1. The van der Waals surface area contributed by atoms with E-state index in [1.165, 1.54) is 37.8 Å². The van der Waals surface area contributed by atoms with Gasteiger partial charge in [-0.15, -0.1) is 0 Å². The van der Waals surface area contributed by atoms with E-state index in [1.807, 2.05) is 18.2 Å². The molecule has 0 heterocycles. The molecule has 0 unspecified atom stereocenters. The zero-order valence-corrected chi connectivity index (χ0v) is 19.2. The van der Waals surface area contributed by atoms with E-state index >= 15 is 0 Å². The molecule has 0 spiro atoms. The van der Waals surface area contributed by atoms with Crippen molar-refractivity contribution in [3.05, 3.63) is 120 Å². The normalized spacial score (nSPS) is 11.2. The molecule has 156 valence electrons. The van der Waals surface area contributed by atoms with Crippen molar-refractivity contribution in [3.63, 3.8) is 0 Å². The van der Waals surface area contributed by atoms with E-state index < -0.39 is 7.92 Å². The van der Waals surface area contributed by atoms with Crippen molar-refractivity contribution in [1.29, 1.82) is 0 Å². The van der Waals surface area contributed by atoms with E-state index in [1.54, 1.807) is 6.07 Å². The molecule has 5 aromatic rings. The molecule has 0 atom stereocenters. The molecule has 0 aliphatic heterocycles. The minimum atomic E-state index is -0.829. The summed E-state index contributed by atoms with van der Waals surface area (Å²) in [7, 11) is -0.829. The first-order valence-electron chi connectivity index (χ1n) is 10.9. The van der Waals surface area contributed by atoms with E-state index in [0.717, 1.165) is 11.1 Å². The van der Waals surface area contributed by atoms with Crippen LogP contribution in [0.2, 0.25) is 0 Å². The summed E-state index contributed by atoms with van der Waals surface area (Å²) >= 11 is 0. The Morgan fingerprint density at radius 3 is 1.75 bits per heavy atom. The second-order valence-corrected chi connectivity index (χ2v) is 10.2. The standard InChI is InChI=1S/C30H25OP/c1-21-11-3-9-17-27(21)32(28-18-10-4-12-22(28)2)29-20-19-23-13-5-6-14-24(23)30(29)25-15-7-8-16-26(25)31/h3-20,31H,1-2H3. The fourth-order valence-corrected chi connectivity index (χ4v) is 7.22. The number of fused-ring (bicyclic) bond motifs is 1. The van der Waals surface area contributed by atoms with Gasteiger partial charge in [0, 0.05) is 11.1 Å². The molecule has 5 aromatic carbocycles. The molecule has 0 aliphatic carbocycles. The van der Waals surface area contributed by atoms with E-state index in [9.17, 15) is 5.11 Å². The van der Waals surface area contributed by atoms with Crippen molar-refractivity contribution in [3.8, 4) is 16.9 Å². The highest BCUT2D eigenvalue weighted by molar-refractivity contribution is 7.80. The minimum Gasteiger partial charge on any atom is -0.507 e.